The first kappa shape index (κ1) is 12.8. The van der Waals surface area contributed by atoms with Crippen molar-refractivity contribution in [1.82, 2.24) is 10.2 Å². The quantitative estimate of drug-likeness (QED) is 0.796. The van der Waals surface area contributed by atoms with Crippen LogP contribution in [-0.4, -0.2) is 50.7 Å². The van der Waals surface area contributed by atoms with Gasteiger partial charge in [-0.3, -0.25) is 4.79 Å². The summed E-state index contributed by atoms with van der Waals surface area (Å²) < 4.78 is 5.27. The van der Waals surface area contributed by atoms with E-state index in [2.05, 4.69) is 17.1 Å². The molecular formula is C13H24N2O2. The number of piperidine rings is 1. The average molecular weight is 240 g/mol. The van der Waals surface area contributed by atoms with Gasteiger partial charge in [-0.05, 0) is 31.2 Å². The summed E-state index contributed by atoms with van der Waals surface area (Å²) in [4.78, 5) is 14.3. The molecule has 4 heteroatoms. The minimum atomic E-state index is 0.224. The van der Waals surface area contributed by atoms with Gasteiger partial charge in [-0.15, -0.1) is 0 Å². The molecule has 0 radical (unpaired) electrons. The Morgan fingerprint density at radius 2 is 2.18 bits per heavy atom. The van der Waals surface area contributed by atoms with Crippen LogP contribution in [-0.2, 0) is 9.53 Å². The van der Waals surface area contributed by atoms with Crippen molar-refractivity contribution in [2.75, 3.05) is 39.9 Å². The summed E-state index contributed by atoms with van der Waals surface area (Å²) in [7, 11) is 1.76. The normalized spacial score (nSPS) is 28.4. The lowest BCUT2D eigenvalue weighted by atomic mass is 9.81. The van der Waals surface area contributed by atoms with E-state index in [0.717, 1.165) is 52.0 Å². The summed E-state index contributed by atoms with van der Waals surface area (Å²) >= 11 is 0. The molecule has 0 aromatic rings. The number of nitrogens with one attached hydrogen (secondary N) is 1. The van der Waals surface area contributed by atoms with Crippen LogP contribution in [0.1, 0.15) is 26.2 Å². The highest BCUT2D eigenvalue weighted by Crippen LogP contribution is 2.31. The Hall–Kier alpha value is -0.610. The Labute approximate surface area is 104 Å². The smallest absolute Gasteiger partial charge is 0.227 e. The summed E-state index contributed by atoms with van der Waals surface area (Å²) in [5, 5.41) is 3.26. The van der Waals surface area contributed by atoms with Crippen molar-refractivity contribution < 1.29 is 9.53 Å². The lowest BCUT2D eigenvalue weighted by Crippen LogP contribution is -2.46. The number of rotatable bonds is 3. The Morgan fingerprint density at radius 3 is 2.71 bits per heavy atom. The third-order valence-electron chi connectivity index (χ3n) is 4.18. The van der Waals surface area contributed by atoms with Crippen molar-refractivity contribution in [2.24, 2.45) is 11.3 Å². The van der Waals surface area contributed by atoms with Crippen LogP contribution >= 0.6 is 0 Å². The highest BCUT2D eigenvalue weighted by Gasteiger charge is 2.34. The maximum absolute atomic E-state index is 12.2. The van der Waals surface area contributed by atoms with Gasteiger partial charge in [0, 0.05) is 26.7 Å². The first-order valence-corrected chi connectivity index (χ1v) is 6.63. The molecule has 0 unspecified atom stereocenters. The van der Waals surface area contributed by atoms with Crippen LogP contribution in [0.4, 0.5) is 0 Å². The Bertz CT molecular complexity index is 267. The fraction of sp³-hybridized carbons (Fsp3) is 0.923. The number of amides is 1. The van der Waals surface area contributed by atoms with Gasteiger partial charge in [0.15, 0.2) is 0 Å². The van der Waals surface area contributed by atoms with Gasteiger partial charge in [0.1, 0.15) is 0 Å². The van der Waals surface area contributed by atoms with Crippen molar-refractivity contribution in [1.29, 1.82) is 0 Å². The molecule has 0 bridgehead atoms. The molecular weight excluding hydrogens is 216 g/mol. The van der Waals surface area contributed by atoms with Gasteiger partial charge < -0.3 is 15.0 Å². The zero-order valence-electron chi connectivity index (χ0n) is 11.0. The number of hydrogen-bond donors (Lipinski definition) is 1. The molecule has 2 saturated heterocycles. The summed E-state index contributed by atoms with van der Waals surface area (Å²) in [6.45, 7) is 6.72. The Morgan fingerprint density at radius 1 is 1.47 bits per heavy atom. The maximum Gasteiger partial charge on any atom is 0.227 e. The fourth-order valence-electron chi connectivity index (χ4n) is 2.88. The lowest BCUT2D eigenvalue weighted by molar-refractivity contribution is -0.137. The first-order chi connectivity index (χ1) is 8.14. The third-order valence-corrected chi connectivity index (χ3v) is 4.18. The highest BCUT2D eigenvalue weighted by molar-refractivity contribution is 5.79. The SMILES string of the molecule is COCC1(C)CCN(C(=O)[C@@H]2CCNC2)CC1. The number of hydrogen-bond acceptors (Lipinski definition) is 3. The van der Waals surface area contributed by atoms with Crippen molar-refractivity contribution in [2.45, 2.75) is 26.2 Å². The van der Waals surface area contributed by atoms with Crippen molar-refractivity contribution in [3.05, 3.63) is 0 Å². The molecule has 0 aromatic heterocycles. The first-order valence-electron chi connectivity index (χ1n) is 6.63. The lowest BCUT2D eigenvalue weighted by Gasteiger charge is -2.39. The monoisotopic (exact) mass is 240 g/mol. The highest BCUT2D eigenvalue weighted by atomic mass is 16.5. The number of ether oxygens (including phenoxy) is 1. The van der Waals surface area contributed by atoms with Crippen LogP contribution in [0.5, 0.6) is 0 Å². The minimum absolute atomic E-state index is 0.224. The largest absolute Gasteiger partial charge is 0.384 e. The van der Waals surface area contributed by atoms with Gasteiger partial charge in [0.05, 0.1) is 12.5 Å². The number of carbonyl (C=O) groups is 1. The van der Waals surface area contributed by atoms with Gasteiger partial charge in [-0.1, -0.05) is 6.92 Å². The molecule has 4 nitrogen and oxygen atoms in total. The van der Waals surface area contributed by atoms with Crippen LogP contribution in [0.3, 0.4) is 0 Å². The standard InChI is InChI=1S/C13H24N2O2/c1-13(10-17-2)4-7-15(8-5-13)12(16)11-3-6-14-9-11/h11,14H,3-10H2,1-2H3/t11-/m1/s1. The molecule has 98 valence electrons. The topological polar surface area (TPSA) is 41.6 Å². The van der Waals surface area contributed by atoms with Crippen LogP contribution < -0.4 is 5.32 Å². The van der Waals surface area contributed by atoms with Crippen LogP contribution in [0.15, 0.2) is 0 Å². The van der Waals surface area contributed by atoms with E-state index in [-0.39, 0.29) is 11.3 Å². The summed E-state index contributed by atoms with van der Waals surface area (Å²) in [6, 6.07) is 0. The summed E-state index contributed by atoms with van der Waals surface area (Å²) in [5.41, 5.74) is 0.263. The molecule has 2 rings (SSSR count). The average Bonchev–Trinajstić information content (AvgIpc) is 2.82. The molecule has 1 N–H and O–H groups in total. The number of likely N-dealkylation sites (tertiary alicyclic amines) is 1. The van der Waals surface area contributed by atoms with Crippen molar-refractivity contribution >= 4 is 5.91 Å². The predicted octanol–water partition coefficient (Wildman–Crippen LogP) is 0.871. The zero-order chi connectivity index (χ0) is 12.3. The third kappa shape index (κ3) is 2.99. The molecule has 0 spiro atoms. The molecule has 2 aliphatic rings. The molecule has 2 aliphatic heterocycles. The molecule has 1 atom stereocenters. The van der Waals surface area contributed by atoms with E-state index in [1.807, 2.05) is 0 Å². The van der Waals surface area contributed by atoms with Gasteiger partial charge in [-0.2, -0.15) is 0 Å². The van der Waals surface area contributed by atoms with Gasteiger partial charge >= 0.3 is 0 Å². The second-order valence-corrected chi connectivity index (χ2v) is 5.76. The van der Waals surface area contributed by atoms with Gasteiger partial charge in [-0.25, -0.2) is 0 Å². The van der Waals surface area contributed by atoms with E-state index in [0.29, 0.717) is 5.91 Å². The number of nitrogens with zero attached hydrogens (tertiary/aromatic N) is 1. The molecule has 2 heterocycles. The molecule has 0 saturated carbocycles. The van der Waals surface area contributed by atoms with Crippen LogP contribution in [0.2, 0.25) is 0 Å². The molecule has 1 amide bonds. The Kier molecular flexibility index (Phi) is 4.05. The molecule has 2 fully saturated rings. The summed E-state index contributed by atoms with van der Waals surface area (Å²) in [5.74, 6) is 0.580. The fourth-order valence-corrected chi connectivity index (χ4v) is 2.88. The van der Waals surface area contributed by atoms with Crippen molar-refractivity contribution in [3.8, 4) is 0 Å². The van der Waals surface area contributed by atoms with Crippen LogP contribution in [0, 0.1) is 11.3 Å². The molecule has 0 aromatic carbocycles. The van der Waals surface area contributed by atoms with E-state index in [1.54, 1.807) is 7.11 Å². The summed E-state index contributed by atoms with van der Waals surface area (Å²) in [6.07, 6.45) is 3.13. The second-order valence-electron chi connectivity index (χ2n) is 5.76. The zero-order valence-corrected chi connectivity index (χ0v) is 11.0. The second kappa shape index (κ2) is 5.36. The van der Waals surface area contributed by atoms with E-state index in [9.17, 15) is 4.79 Å². The molecule has 0 aliphatic carbocycles. The minimum Gasteiger partial charge on any atom is -0.384 e. The predicted molar refractivity (Wildman–Crippen MR) is 66.8 cm³/mol. The number of carbonyl (C=O) groups excluding carboxylic acids is 1. The van der Waals surface area contributed by atoms with E-state index in [1.165, 1.54) is 0 Å². The number of methoxy groups -OCH3 is 1. The van der Waals surface area contributed by atoms with E-state index in [4.69, 9.17) is 4.74 Å². The van der Waals surface area contributed by atoms with Gasteiger partial charge in [0.25, 0.3) is 0 Å². The maximum atomic E-state index is 12.2. The van der Waals surface area contributed by atoms with E-state index >= 15 is 0 Å². The molecule has 17 heavy (non-hydrogen) atoms. The van der Waals surface area contributed by atoms with Gasteiger partial charge in [0.2, 0.25) is 5.91 Å². The van der Waals surface area contributed by atoms with E-state index < -0.39 is 0 Å². The Balaban J connectivity index is 1.83. The van der Waals surface area contributed by atoms with Crippen LogP contribution in [0.25, 0.3) is 0 Å². The van der Waals surface area contributed by atoms with Crippen molar-refractivity contribution in [3.63, 3.8) is 0 Å².